The van der Waals surface area contributed by atoms with Crippen molar-refractivity contribution in [2.75, 3.05) is 24.6 Å². The predicted molar refractivity (Wildman–Crippen MR) is 117 cm³/mol. The van der Waals surface area contributed by atoms with Crippen molar-refractivity contribution in [3.05, 3.63) is 65.7 Å². The van der Waals surface area contributed by atoms with Crippen molar-refractivity contribution in [1.82, 2.24) is 4.90 Å². The maximum atomic E-state index is 13.4. The summed E-state index contributed by atoms with van der Waals surface area (Å²) in [4.78, 5) is 40.4. The summed E-state index contributed by atoms with van der Waals surface area (Å²) in [5.41, 5.74) is 2.64. The highest BCUT2D eigenvalue weighted by molar-refractivity contribution is 6.02. The van der Waals surface area contributed by atoms with Gasteiger partial charge in [-0.3, -0.25) is 19.4 Å². The molecule has 0 bridgehead atoms. The van der Waals surface area contributed by atoms with Crippen LogP contribution in [0.1, 0.15) is 30.9 Å². The van der Waals surface area contributed by atoms with Crippen LogP contribution in [-0.2, 0) is 27.2 Å². The molecular weight excluding hydrogens is 396 g/mol. The zero-order valence-corrected chi connectivity index (χ0v) is 17.7. The standard InChI is InChI=1S/C24H28N2O5/c1-2-31-24(30)25(16-8-11-18-9-4-3-5-10-18)21-15-14-19-12-6-7-13-20(19)26(23(21)29)17-22(27)28/h3-7,9-10,12-13,21H,2,8,11,14-17H2,1H3,(H,27,28). The second kappa shape index (κ2) is 10.6. The molecule has 1 aliphatic rings. The van der Waals surface area contributed by atoms with E-state index in [-0.39, 0.29) is 12.5 Å². The number of para-hydroxylation sites is 1. The van der Waals surface area contributed by atoms with E-state index in [1.165, 1.54) is 9.80 Å². The molecule has 0 aromatic heterocycles. The number of fused-ring (bicyclic) bond motifs is 1. The lowest BCUT2D eigenvalue weighted by Crippen LogP contribution is -2.52. The number of hydrogen-bond acceptors (Lipinski definition) is 4. The summed E-state index contributed by atoms with van der Waals surface area (Å²) in [6.07, 6.45) is 1.86. The molecule has 0 saturated heterocycles. The van der Waals surface area contributed by atoms with E-state index < -0.39 is 24.6 Å². The van der Waals surface area contributed by atoms with Crippen LogP contribution in [0.25, 0.3) is 0 Å². The Labute approximate surface area is 182 Å². The Balaban J connectivity index is 1.83. The van der Waals surface area contributed by atoms with Crippen molar-refractivity contribution < 1.29 is 24.2 Å². The molecule has 0 fully saturated rings. The number of carbonyl (C=O) groups is 3. The van der Waals surface area contributed by atoms with Gasteiger partial charge >= 0.3 is 12.1 Å². The topological polar surface area (TPSA) is 87.2 Å². The average molecular weight is 424 g/mol. The van der Waals surface area contributed by atoms with Gasteiger partial charge in [-0.1, -0.05) is 48.5 Å². The Bertz CT molecular complexity index is 915. The van der Waals surface area contributed by atoms with E-state index in [2.05, 4.69) is 0 Å². The number of nitrogens with zero attached hydrogens (tertiary/aromatic N) is 2. The number of hydrogen-bond donors (Lipinski definition) is 1. The summed E-state index contributed by atoms with van der Waals surface area (Å²) in [6, 6.07) is 16.5. The van der Waals surface area contributed by atoms with E-state index in [4.69, 9.17) is 4.74 Å². The summed E-state index contributed by atoms with van der Waals surface area (Å²) in [6.45, 7) is 1.82. The fourth-order valence-electron chi connectivity index (χ4n) is 3.97. The van der Waals surface area contributed by atoms with Crippen LogP contribution < -0.4 is 4.90 Å². The second-order valence-electron chi connectivity index (χ2n) is 7.48. The lowest BCUT2D eigenvalue weighted by molar-refractivity contribution is -0.137. The Morgan fingerprint density at radius 2 is 1.84 bits per heavy atom. The molecule has 7 nitrogen and oxygen atoms in total. The normalized spacial score (nSPS) is 15.7. The molecule has 1 aliphatic heterocycles. The van der Waals surface area contributed by atoms with Crippen molar-refractivity contribution in [2.24, 2.45) is 0 Å². The van der Waals surface area contributed by atoms with E-state index in [9.17, 15) is 19.5 Å². The van der Waals surface area contributed by atoms with E-state index in [1.54, 1.807) is 19.1 Å². The van der Waals surface area contributed by atoms with E-state index in [0.717, 1.165) is 17.5 Å². The number of benzene rings is 2. The molecule has 31 heavy (non-hydrogen) atoms. The van der Waals surface area contributed by atoms with E-state index in [0.29, 0.717) is 31.5 Å². The summed E-state index contributed by atoms with van der Waals surface area (Å²) in [5, 5.41) is 9.39. The minimum atomic E-state index is -1.10. The molecule has 1 N–H and O–H groups in total. The number of anilines is 1. The number of amides is 2. The summed E-state index contributed by atoms with van der Waals surface area (Å²) in [7, 11) is 0. The lowest BCUT2D eigenvalue weighted by Gasteiger charge is -2.32. The van der Waals surface area contributed by atoms with E-state index in [1.807, 2.05) is 42.5 Å². The minimum absolute atomic E-state index is 0.202. The number of ether oxygens (including phenoxy) is 1. The zero-order chi connectivity index (χ0) is 22.2. The average Bonchev–Trinajstić information content (AvgIpc) is 2.89. The molecule has 1 atom stereocenters. The van der Waals surface area contributed by atoms with Gasteiger partial charge in [0.05, 0.1) is 6.61 Å². The van der Waals surface area contributed by atoms with Crippen LogP contribution in [0.15, 0.2) is 54.6 Å². The van der Waals surface area contributed by atoms with Gasteiger partial charge in [0.2, 0.25) is 5.91 Å². The molecule has 2 aromatic carbocycles. The Kier molecular flexibility index (Phi) is 7.65. The van der Waals surface area contributed by atoms with Crippen LogP contribution in [0.3, 0.4) is 0 Å². The van der Waals surface area contributed by atoms with E-state index >= 15 is 0 Å². The molecule has 3 rings (SSSR count). The fourth-order valence-corrected chi connectivity index (χ4v) is 3.97. The first-order valence-electron chi connectivity index (χ1n) is 10.6. The quantitative estimate of drug-likeness (QED) is 0.701. The Morgan fingerprint density at radius 3 is 2.55 bits per heavy atom. The molecule has 0 spiro atoms. The number of rotatable bonds is 8. The molecular formula is C24H28N2O5. The molecule has 1 heterocycles. The molecule has 164 valence electrons. The van der Waals surface area contributed by atoms with Gasteiger partial charge in [0.25, 0.3) is 0 Å². The minimum Gasteiger partial charge on any atom is -0.480 e. The first kappa shape index (κ1) is 22.3. The number of carboxylic acids is 1. The zero-order valence-electron chi connectivity index (χ0n) is 17.7. The Morgan fingerprint density at radius 1 is 1.13 bits per heavy atom. The second-order valence-corrected chi connectivity index (χ2v) is 7.48. The van der Waals surface area contributed by atoms with Crippen LogP contribution in [0.4, 0.5) is 10.5 Å². The van der Waals surface area contributed by atoms with Gasteiger partial charge in [0.1, 0.15) is 12.6 Å². The third-order valence-electron chi connectivity index (χ3n) is 5.40. The number of carbonyl (C=O) groups excluding carboxylic acids is 2. The van der Waals surface area contributed by atoms with Gasteiger partial charge in [0, 0.05) is 12.2 Å². The van der Waals surface area contributed by atoms with Crippen LogP contribution >= 0.6 is 0 Å². The highest BCUT2D eigenvalue weighted by Gasteiger charge is 2.37. The van der Waals surface area contributed by atoms with Gasteiger partial charge < -0.3 is 9.84 Å². The molecule has 0 aliphatic carbocycles. The lowest BCUT2D eigenvalue weighted by atomic mass is 10.0. The first-order valence-corrected chi connectivity index (χ1v) is 10.6. The van der Waals surface area contributed by atoms with Crippen LogP contribution in [0.5, 0.6) is 0 Å². The van der Waals surface area contributed by atoms with Crippen molar-refractivity contribution >= 4 is 23.7 Å². The number of aliphatic carboxylic acids is 1. The van der Waals surface area contributed by atoms with Gasteiger partial charge in [-0.25, -0.2) is 4.79 Å². The third-order valence-corrected chi connectivity index (χ3v) is 5.40. The van der Waals surface area contributed by atoms with Crippen LogP contribution in [-0.4, -0.2) is 53.7 Å². The third kappa shape index (κ3) is 5.63. The highest BCUT2D eigenvalue weighted by atomic mass is 16.6. The van der Waals surface area contributed by atoms with Gasteiger partial charge in [0.15, 0.2) is 0 Å². The van der Waals surface area contributed by atoms with Gasteiger partial charge in [-0.05, 0) is 49.8 Å². The molecule has 2 amide bonds. The van der Waals surface area contributed by atoms with Gasteiger partial charge in [-0.15, -0.1) is 0 Å². The van der Waals surface area contributed by atoms with Gasteiger partial charge in [-0.2, -0.15) is 0 Å². The van der Waals surface area contributed by atoms with Crippen LogP contribution in [0, 0.1) is 0 Å². The molecule has 0 saturated carbocycles. The fraction of sp³-hybridized carbons (Fsp3) is 0.375. The highest BCUT2D eigenvalue weighted by Crippen LogP contribution is 2.29. The molecule has 0 radical (unpaired) electrons. The number of aryl methyl sites for hydroxylation is 2. The maximum Gasteiger partial charge on any atom is 0.410 e. The van der Waals surface area contributed by atoms with Crippen molar-refractivity contribution in [3.63, 3.8) is 0 Å². The SMILES string of the molecule is CCOC(=O)N(CCCc1ccccc1)C1CCc2ccccc2N(CC(=O)O)C1=O. The Hall–Kier alpha value is -3.35. The molecule has 7 heteroatoms. The predicted octanol–water partition coefficient (Wildman–Crippen LogP) is 3.51. The summed E-state index contributed by atoms with van der Waals surface area (Å²) in [5.74, 6) is -1.49. The maximum absolute atomic E-state index is 13.4. The molecule has 2 aromatic rings. The van der Waals surface area contributed by atoms with Crippen molar-refractivity contribution in [2.45, 2.75) is 38.6 Å². The smallest absolute Gasteiger partial charge is 0.410 e. The number of carboxylic acid groups (broad SMARTS) is 1. The summed E-state index contributed by atoms with van der Waals surface area (Å²) < 4.78 is 5.24. The van der Waals surface area contributed by atoms with Crippen LogP contribution in [0.2, 0.25) is 0 Å². The molecule has 1 unspecified atom stereocenters. The first-order chi connectivity index (χ1) is 15.0. The monoisotopic (exact) mass is 424 g/mol. The van der Waals surface area contributed by atoms with Crippen molar-refractivity contribution in [1.29, 1.82) is 0 Å². The summed E-state index contributed by atoms with van der Waals surface area (Å²) >= 11 is 0. The van der Waals surface area contributed by atoms with Crippen molar-refractivity contribution in [3.8, 4) is 0 Å². The largest absolute Gasteiger partial charge is 0.480 e.